The number of thiophene rings is 1. The molecule has 1 aromatic heterocycles. The minimum Gasteiger partial charge on any atom is -0.462 e. The van der Waals surface area contributed by atoms with Crippen LogP contribution in [0.3, 0.4) is 0 Å². The fourth-order valence-electron chi connectivity index (χ4n) is 6.13. The summed E-state index contributed by atoms with van der Waals surface area (Å²) < 4.78 is 5.45. The highest BCUT2D eigenvalue weighted by Gasteiger charge is 2.31. The van der Waals surface area contributed by atoms with Crippen molar-refractivity contribution in [2.75, 3.05) is 23.8 Å². The molecule has 1 unspecified atom stereocenters. The lowest BCUT2D eigenvalue weighted by Crippen LogP contribution is -2.30. The van der Waals surface area contributed by atoms with E-state index in [1.165, 1.54) is 28.7 Å². The quantitative estimate of drug-likeness (QED) is 0.0584. The number of hydrogen-bond acceptors (Lipinski definition) is 8. The van der Waals surface area contributed by atoms with Crippen LogP contribution in [0.15, 0.2) is 120 Å². The Morgan fingerprint density at radius 1 is 0.909 bits per heavy atom. The number of ether oxygens (including phenoxy) is 1. The van der Waals surface area contributed by atoms with Crippen LogP contribution in [-0.4, -0.2) is 47.0 Å². The maximum Gasteiger partial charge on any atom is 0.341 e. The molecule has 12 heteroatoms. The van der Waals surface area contributed by atoms with Gasteiger partial charge in [0.1, 0.15) is 10.7 Å². The van der Waals surface area contributed by atoms with Crippen molar-refractivity contribution in [1.29, 1.82) is 0 Å². The second-order valence-electron chi connectivity index (χ2n) is 12.8. The number of thioether (sulfide) groups is 1. The summed E-state index contributed by atoms with van der Waals surface area (Å²) in [6, 6.07) is 33.0. The second-order valence-corrected chi connectivity index (χ2v) is 15.6. The van der Waals surface area contributed by atoms with Gasteiger partial charge < -0.3 is 20.7 Å². The summed E-state index contributed by atoms with van der Waals surface area (Å²) in [4.78, 5) is 58.0. The number of carbonyl (C=O) groups is 4. The molecular formula is C43H41ClN4O5S2. The van der Waals surface area contributed by atoms with Gasteiger partial charge in [-0.05, 0) is 85.0 Å². The lowest BCUT2D eigenvalue weighted by molar-refractivity contribution is -0.116. The zero-order valence-electron chi connectivity index (χ0n) is 30.5. The molecule has 9 nitrogen and oxygen atoms in total. The van der Waals surface area contributed by atoms with Crippen LogP contribution in [0.25, 0.3) is 6.08 Å². The molecule has 55 heavy (non-hydrogen) atoms. The molecule has 282 valence electrons. The van der Waals surface area contributed by atoms with Gasteiger partial charge in [0.05, 0.1) is 17.4 Å². The smallest absolute Gasteiger partial charge is 0.341 e. The molecule has 3 amide bonds. The van der Waals surface area contributed by atoms with Crippen LogP contribution < -0.4 is 16.0 Å². The molecule has 0 bridgehead atoms. The molecule has 6 rings (SSSR count). The van der Waals surface area contributed by atoms with Gasteiger partial charge in [-0.15, -0.1) is 23.1 Å². The van der Waals surface area contributed by atoms with Gasteiger partial charge in [0.25, 0.3) is 11.8 Å². The molecule has 2 heterocycles. The molecular weight excluding hydrogens is 752 g/mol. The maximum absolute atomic E-state index is 13.9. The van der Waals surface area contributed by atoms with Gasteiger partial charge in [-0.25, -0.2) is 4.79 Å². The molecule has 3 N–H and O–H groups in total. The predicted octanol–water partition coefficient (Wildman–Crippen LogP) is 9.06. The van der Waals surface area contributed by atoms with E-state index < -0.39 is 23.0 Å². The summed E-state index contributed by atoms with van der Waals surface area (Å²) in [6.45, 7) is 6.19. The number of benzene rings is 4. The van der Waals surface area contributed by atoms with E-state index >= 15 is 0 Å². The Balaban J connectivity index is 1.16. The fraction of sp³-hybridized carbons (Fsp3) is 0.209. The Morgan fingerprint density at radius 3 is 2.35 bits per heavy atom. The van der Waals surface area contributed by atoms with Gasteiger partial charge in [0.15, 0.2) is 0 Å². The van der Waals surface area contributed by atoms with Crippen molar-refractivity contribution in [3.8, 4) is 0 Å². The van der Waals surface area contributed by atoms with Crippen molar-refractivity contribution in [3.63, 3.8) is 0 Å². The number of rotatable bonds is 14. The Hall–Kier alpha value is -5.20. The van der Waals surface area contributed by atoms with Crippen molar-refractivity contribution in [2.24, 2.45) is 0 Å². The number of fused-ring (bicyclic) bond motifs is 1. The van der Waals surface area contributed by atoms with Gasteiger partial charge >= 0.3 is 5.97 Å². The van der Waals surface area contributed by atoms with Gasteiger partial charge in [-0.3, -0.25) is 19.3 Å². The number of nitrogens with zero attached hydrogens (tertiary/aromatic N) is 1. The minimum absolute atomic E-state index is 0.0410. The highest BCUT2D eigenvalue weighted by Crippen LogP contribution is 2.39. The number of esters is 1. The third kappa shape index (κ3) is 10.5. The summed E-state index contributed by atoms with van der Waals surface area (Å²) in [6.07, 6.45) is 2.77. The topological polar surface area (TPSA) is 117 Å². The molecule has 0 radical (unpaired) electrons. The van der Waals surface area contributed by atoms with E-state index in [9.17, 15) is 19.2 Å². The largest absolute Gasteiger partial charge is 0.462 e. The van der Waals surface area contributed by atoms with Crippen LogP contribution >= 0.6 is 34.7 Å². The number of hydrogen-bond donors (Lipinski definition) is 3. The zero-order chi connectivity index (χ0) is 38.7. The van der Waals surface area contributed by atoms with Gasteiger partial charge in [-0.2, -0.15) is 0 Å². The summed E-state index contributed by atoms with van der Waals surface area (Å²) in [5.41, 5.74) is 4.21. The standard InChI is InChI=1S/C43H41ClN4O5S2/c1-3-36(41(51)47-42-38(43(52)53-4-2)34-22-23-48(27-37(34)55-42)26-29-12-7-5-8-13-29)54-33-17-11-16-32(25-33)45-40(50)35(24-28-18-20-31(44)21-19-28)46-39(49)30-14-9-6-10-15-30/h5-21,24-25,36H,3-4,22-23,26-27H2,1-2H3,(H,45,50)(H,46,49)(H,47,51)/b35-24-. The lowest BCUT2D eigenvalue weighted by Gasteiger charge is -2.27. The number of anilines is 2. The third-order valence-corrected chi connectivity index (χ3v) is 11.6. The van der Waals surface area contributed by atoms with E-state index in [1.54, 1.807) is 79.7 Å². The zero-order valence-corrected chi connectivity index (χ0v) is 32.9. The summed E-state index contributed by atoms with van der Waals surface area (Å²) in [5.74, 6) is -1.62. The molecule has 0 saturated heterocycles. The highest BCUT2D eigenvalue weighted by atomic mass is 35.5. The molecule has 1 atom stereocenters. The number of amides is 3. The van der Waals surface area contributed by atoms with Crippen LogP contribution in [0.4, 0.5) is 10.7 Å². The summed E-state index contributed by atoms with van der Waals surface area (Å²) >= 11 is 8.86. The Morgan fingerprint density at radius 2 is 1.64 bits per heavy atom. The molecule has 0 fully saturated rings. The maximum atomic E-state index is 13.9. The predicted molar refractivity (Wildman–Crippen MR) is 222 cm³/mol. The first kappa shape index (κ1) is 39.5. The Bertz CT molecular complexity index is 2170. The molecule has 0 spiro atoms. The Labute approximate surface area is 334 Å². The highest BCUT2D eigenvalue weighted by molar-refractivity contribution is 8.00. The first-order valence-electron chi connectivity index (χ1n) is 18.0. The second kappa shape index (κ2) is 18.9. The molecule has 5 aromatic rings. The van der Waals surface area contributed by atoms with Crippen molar-refractivity contribution in [2.45, 2.75) is 49.9 Å². The van der Waals surface area contributed by atoms with Crippen LogP contribution in [0.1, 0.15) is 62.6 Å². The van der Waals surface area contributed by atoms with Crippen LogP contribution in [0.2, 0.25) is 5.02 Å². The van der Waals surface area contributed by atoms with E-state index in [4.69, 9.17) is 16.3 Å². The van der Waals surface area contributed by atoms with Gasteiger partial charge in [0, 0.05) is 45.7 Å². The van der Waals surface area contributed by atoms with Crippen LogP contribution in [-0.2, 0) is 33.8 Å². The van der Waals surface area contributed by atoms with E-state index in [0.717, 1.165) is 28.4 Å². The van der Waals surface area contributed by atoms with Crippen molar-refractivity contribution in [3.05, 3.63) is 153 Å². The molecule has 0 saturated carbocycles. The first-order valence-corrected chi connectivity index (χ1v) is 20.1. The monoisotopic (exact) mass is 792 g/mol. The summed E-state index contributed by atoms with van der Waals surface area (Å²) in [5, 5.41) is 9.27. The van der Waals surface area contributed by atoms with Crippen molar-refractivity contribution in [1.82, 2.24) is 10.2 Å². The Kier molecular flexibility index (Phi) is 13.6. The molecule has 1 aliphatic heterocycles. The van der Waals surface area contributed by atoms with E-state index in [0.29, 0.717) is 51.8 Å². The van der Waals surface area contributed by atoms with Gasteiger partial charge in [-0.1, -0.05) is 85.3 Å². The summed E-state index contributed by atoms with van der Waals surface area (Å²) in [7, 11) is 0. The van der Waals surface area contributed by atoms with Crippen LogP contribution in [0.5, 0.6) is 0 Å². The number of carbonyl (C=O) groups excluding carboxylic acids is 4. The normalized spacial score (nSPS) is 13.3. The fourth-order valence-corrected chi connectivity index (χ4v) is 8.55. The number of nitrogens with one attached hydrogen (secondary N) is 3. The van der Waals surface area contributed by atoms with Gasteiger partial charge in [0.2, 0.25) is 5.91 Å². The molecule has 4 aromatic carbocycles. The average molecular weight is 793 g/mol. The van der Waals surface area contributed by atoms with Crippen LogP contribution in [0, 0.1) is 0 Å². The van der Waals surface area contributed by atoms with E-state index in [1.807, 2.05) is 37.3 Å². The molecule has 1 aliphatic rings. The minimum atomic E-state index is -0.526. The van der Waals surface area contributed by atoms with E-state index in [-0.39, 0.29) is 18.2 Å². The van der Waals surface area contributed by atoms with Crippen molar-refractivity contribution < 1.29 is 23.9 Å². The van der Waals surface area contributed by atoms with E-state index in [2.05, 4.69) is 33.0 Å². The lowest BCUT2D eigenvalue weighted by atomic mass is 10.0. The molecule has 0 aliphatic carbocycles. The van der Waals surface area contributed by atoms with Crippen molar-refractivity contribution >= 4 is 75.2 Å². The number of halogens is 1. The average Bonchev–Trinajstić information content (AvgIpc) is 3.55. The third-order valence-electron chi connectivity index (χ3n) is 8.84. The first-order chi connectivity index (χ1) is 26.7. The SMILES string of the molecule is CCOC(=O)c1c(NC(=O)C(CC)Sc2cccc(NC(=O)/C(=C/c3ccc(Cl)cc3)NC(=O)c3ccccc3)c2)sc2c1CCN(Cc1ccccc1)C2.